The molecule has 0 saturated carbocycles. The summed E-state index contributed by atoms with van der Waals surface area (Å²) in [5.74, 6) is -3.43. The van der Waals surface area contributed by atoms with Crippen LogP contribution in [0.1, 0.15) is 27.9 Å². The highest BCUT2D eigenvalue weighted by Crippen LogP contribution is 2.38. The highest BCUT2D eigenvalue weighted by atomic mass is 32.2. The number of likely N-dealkylation sites (tertiary alicyclic amines) is 1. The first kappa shape index (κ1) is 24.7. The summed E-state index contributed by atoms with van der Waals surface area (Å²) in [4.78, 5) is 34.0. The second kappa shape index (κ2) is 9.82. The Bertz CT molecular complexity index is 1470. The second-order valence-corrected chi connectivity index (χ2v) is 10.1. The molecule has 7 nitrogen and oxygen atoms in total. The minimum atomic E-state index is -3.11. The number of carbonyl (C=O) groups is 2. The topological polar surface area (TPSA) is 89.3 Å². The third-order valence-corrected chi connectivity index (χ3v) is 7.58. The van der Waals surface area contributed by atoms with E-state index < -0.39 is 43.3 Å². The lowest BCUT2D eigenvalue weighted by Crippen LogP contribution is -2.43. The Morgan fingerprint density at radius 3 is 2.76 bits per heavy atom. The first-order valence-corrected chi connectivity index (χ1v) is 12.6. The molecule has 1 N–H and O–H groups in total. The number of hydrogen-bond acceptors (Lipinski definition) is 6. The van der Waals surface area contributed by atoms with E-state index in [4.69, 9.17) is 5.26 Å². The van der Waals surface area contributed by atoms with Crippen molar-refractivity contribution in [2.75, 3.05) is 30.9 Å². The average molecular weight is 520 g/mol. The van der Waals surface area contributed by atoms with Gasteiger partial charge in [0.25, 0.3) is 11.8 Å². The van der Waals surface area contributed by atoms with E-state index in [1.165, 1.54) is 16.8 Å². The molecule has 1 unspecified atom stereocenters. The van der Waals surface area contributed by atoms with Crippen LogP contribution in [0, 0.1) is 11.3 Å². The molecule has 2 amide bonds. The monoisotopic (exact) mass is 519 g/mol. The van der Waals surface area contributed by atoms with Crippen LogP contribution in [0.4, 0.5) is 14.5 Å². The van der Waals surface area contributed by atoms with Gasteiger partial charge < -0.3 is 15.1 Å². The van der Waals surface area contributed by atoms with Gasteiger partial charge in [0.05, 0.1) is 41.8 Å². The van der Waals surface area contributed by atoms with Gasteiger partial charge in [-0.05, 0) is 41.5 Å². The van der Waals surface area contributed by atoms with Crippen molar-refractivity contribution in [3.8, 4) is 6.07 Å². The van der Waals surface area contributed by atoms with Crippen molar-refractivity contribution < 1.29 is 18.4 Å². The number of aromatic nitrogens is 1. The van der Waals surface area contributed by atoms with E-state index in [0.717, 1.165) is 21.9 Å². The molecular formula is C27H23F2N5O2S. The molecule has 0 spiro atoms. The van der Waals surface area contributed by atoms with Crippen molar-refractivity contribution in [2.24, 2.45) is 0 Å². The number of thioether (sulfide) groups is 1. The van der Waals surface area contributed by atoms with Crippen LogP contribution in [0.3, 0.4) is 0 Å². The third-order valence-electron chi connectivity index (χ3n) is 6.43. The van der Waals surface area contributed by atoms with E-state index in [1.807, 2.05) is 30.4 Å². The maximum atomic E-state index is 13.7. The van der Waals surface area contributed by atoms with Gasteiger partial charge in [-0.1, -0.05) is 24.3 Å². The fourth-order valence-electron chi connectivity index (χ4n) is 4.51. The summed E-state index contributed by atoms with van der Waals surface area (Å²) in [6, 6.07) is 13.9. The van der Waals surface area contributed by atoms with Crippen molar-refractivity contribution in [3.05, 3.63) is 65.4 Å². The fourth-order valence-corrected chi connectivity index (χ4v) is 5.57. The molecule has 3 heterocycles. The molecule has 2 aliphatic heterocycles. The molecule has 0 radical (unpaired) electrons. The summed E-state index contributed by atoms with van der Waals surface area (Å²) in [5.41, 5.74) is 4.07. The predicted octanol–water partition coefficient (Wildman–Crippen LogP) is 4.39. The lowest BCUT2D eigenvalue weighted by molar-refractivity contribution is -0.131. The molecule has 1 aromatic heterocycles. The van der Waals surface area contributed by atoms with Crippen LogP contribution < -0.4 is 10.2 Å². The molecule has 3 aromatic rings. The van der Waals surface area contributed by atoms with Gasteiger partial charge in [0.15, 0.2) is 0 Å². The van der Waals surface area contributed by atoms with Crippen LogP contribution in [-0.4, -0.2) is 59.7 Å². The predicted molar refractivity (Wildman–Crippen MR) is 139 cm³/mol. The zero-order chi connectivity index (χ0) is 26.2. The van der Waals surface area contributed by atoms with Gasteiger partial charge in [0.1, 0.15) is 6.04 Å². The van der Waals surface area contributed by atoms with Gasteiger partial charge in [-0.3, -0.25) is 14.6 Å². The fraction of sp³-hybridized carbons (Fsp3) is 0.259. The van der Waals surface area contributed by atoms with Gasteiger partial charge in [0, 0.05) is 29.9 Å². The molecule has 10 heteroatoms. The Hall–Kier alpha value is -3.97. The molecular weight excluding hydrogens is 496 g/mol. The minimum Gasteiger partial charge on any atom is -0.364 e. The molecule has 0 bridgehead atoms. The van der Waals surface area contributed by atoms with Crippen molar-refractivity contribution in [3.63, 3.8) is 0 Å². The zero-order valence-electron chi connectivity index (χ0n) is 19.9. The minimum absolute atomic E-state index is 0.314. The van der Waals surface area contributed by atoms with E-state index in [9.17, 15) is 18.4 Å². The van der Waals surface area contributed by atoms with Crippen LogP contribution in [0.5, 0.6) is 0 Å². The molecule has 2 aromatic carbocycles. The Morgan fingerprint density at radius 1 is 1.22 bits per heavy atom. The van der Waals surface area contributed by atoms with Crippen molar-refractivity contribution in [1.29, 1.82) is 5.26 Å². The first-order chi connectivity index (χ1) is 17.7. The van der Waals surface area contributed by atoms with Gasteiger partial charge in [0.2, 0.25) is 5.91 Å². The maximum Gasteiger partial charge on any atom is 0.268 e. The Balaban J connectivity index is 1.31. The smallest absolute Gasteiger partial charge is 0.268 e. The van der Waals surface area contributed by atoms with E-state index in [1.54, 1.807) is 23.9 Å². The number of nitrogens with one attached hydrogen (secondary N) is 1. The number of halogens is 2. The number of fused-ring (bicyclic) bond motifs is 2. The molecule has 1 atom stereocenters. The molecule has 1 fully saturated rings. The zero-order valence-corrected chi connectivity index (χ0v) is 20.8. The summed E-state index contributed by atoms with van der Waals surface area (Å²) in [6.07, 6.45) is 4.77. The Kier molecular flexibility index (Phi) is 6.56. The van der Waals surface area contributed by atoms with E-state index >= 15 is 0 Å². The number of pyridine rings is 1. The quantitative estimate of drug-likeness (QED) is 0.503. The number of rotatable bonds is 5. The van der Waals surface area contributed by atoms with Gasteiger partial charge in [-0.15, -0.1) is 11.8 Å². The summed E-state index contributed by atoms with van der Waals surface area (Å²) in [5, 5.41) is 12.2. The van der Waals surface area contributed by atoms with Crippen molar-refractivity contribution in [1.82, 2.24) is 15.2 Å². The van der Waals surface area contributed by atoms with E-state index in [2.05, 4.69) is 40.4 Å². The average Bonchev–Trinajstić information content (AvgIpc) is 3.43. The number of nitriles is 1. The Morgan fingerprint density at radius 2 is 1.97 bits per heavy atom. The van der Waals surface area contributed by atoms with Gasteiger partial charge in [-0.2, -0.15) is 5.26 Å². The Labute approximate surface area is 216 Å². The number of amides is 2. The van der Waals surface area contributed by atoms with Crippen molar-refractivity contribution >= 4 is 52.3 Å². The molecule has 2 aliphatic rings. The standard InChI is InChI=1S/C27H23F2N5O2S/c1-33-16-37-24-11-18(5-7-23(24)33)3-2-17-4-6-22-21(10-17)20(8-9-31-22)26(36)32-14-25(35)34-15-27(28,29)12-19(34)13-30/h2-11,19H,12,14-16H2,1H3,(H,32,36)/b3-2+. The largest absolute Gasteiger partial charge is 0.364 e. The molecule has 5 rings (SSSR count). The summed E-state index contributed by atoms with van der Waals surface area (Å²) < 4.78 is 27.3. The summed E-state index contributed by atoms with van der Waals surface area (Å²) in [7, 11) is 2.06. The van der Waals surface area contributed by atoms with Crippen molar-refractivity contribution in [2.45, 2.75) is 23.3 Å². The number of benzene rings is 2. The van der Waals surface area contributed by atoms with Crippen LogP contribution in [0.2, 0.25) is 0 Å². The molecule has 188 valence electrons. The summed E-state index contributed by atoms with van der Waals surface area (Å²) in [6.45, 7) is -1.31. The normalized spacial score (nSPS) is 18.3. The van der Waals surface area contributed by atoms with Crippen LogP contribution in [-0.2, 0) is 4.79 Å². The first-order valence-electron chi connectivity index (χ1n) is 11.6. The SMILES string of the molecule is CN1CSc2cc(/C=C/c3ccc4nccc(C(=O)NCC(=O)N5CC(F)(F)CC5C#N)c4c3)ccc21. The van der Waals surface area contributed by atoms with E-state index in [-0.39, 0.29) is 0 Å². The number of alkyl halides is 2. The van der Waals surface area contributed by atoms with Crippen LogP contribution >= 0.6 is 11.8 Å². The highest BCUT2D eigenvalue weighted by Gasteiger charge is 2.47. The number of anilines is 1. The van der Waals surface area contributed by atoms with Crippen LogP contribution in [0.25, 0.3) is 23.1 Å². The summed E-state index contributed by atoms with van der Waals surface area (Å²) >= 11 is 1.79. The highest BCUT2D eigenvalue weighted by molar-refractivity contribution is 7.99. The third kappa shape index (κ3) is 5.13. The second-order valence-electron chi connectivity index (χ2n) is 9.08. The molecule has 37 heavy (non-hydrogen) atoms. The number of carbonyl (C=O) groups excluding carboxylic acids is 2. The van der Waals surface area contributed by atoms with Gasteiger partial charge in [-0.25, -0.2) is 8.78 Å². The lowest BCUT2D eigenvalue weighted by atomic mass is 10.0. The number of hydrogen-bond donors (Lipinski definition) is 1. The maximum absolute atomic E-state index is 13.7. The number of nitrogens with zero attached hydrogens (tertiary/aromatic N) is 4. The molecule has 0 aliphatic carbocycles. The lowest BCUT2D eigenvalue weighted by Gasteiger charge is -2.19. The molecule has 1 saturated heterocycles. The van der Waals surface area contributed by atoms with E-state index in [0.29, 0.717) is 16.5 Å². The van der Waals surface area contributed by atoms with Gasteiger partial charge >= 0.3 is 0 Å². The van der Waals surface area contributed by atoms with Crippen LogP contribution in [0.15, 0.2) is 53.6 Å².